The van der Waals surface area contributed by atoms with E-state index in [-0.39, 0.29) is 12.1 Å². The minimum Gasteiger partial charge on any atom is -0.444 e. The summed E-state index contributed by atoms with van der Waals surface area (Å²) in [7, 11) is 0. The van der Waals surface area contributed by atoms with Crippen molar-refractivity contribution in [3.05, 3.63) is 0 Å². The molecule has 0 aromatic rings. The second-order valence-corrected chi connectivity index (χ2v) is 7.11. The van der Waals surface area contributed by atoms with E-state index in [1.54, 1.807) is 4.90 Å². The lowest BCUT2D eigenvalue weighted by molar-refractivity contribution is -0.0627. The van der Waals surface area contributed by atoms with E-state index in [1.807, 2.05) is 34.6 Å². The van der Waals surface area contributed by atoms with Gasteiger partial charge in [-0.2, -0.15) is 0 Å². The Morgan fingerprint density at radius 1 is 1.30 bits per heavy atom. The molecule has 0 saturated carbocycles. The van der Waals surface area contributed by atoms with Crippen molar-refractivity contribution in [2.45, 2.75) is 91.0 Å². The highest BCUT2D eigenvalue weighted by molar-refractivity contribution is 5.69. The summed E-state index contributed by atoms with van der Waals surface area (Å²) in [6.45, 7) is 12.4. The number of ether oxygens (including phenoxy) is 2. The fourth-order valence-corrected chi connectivity index (χ4v) is 2.58. The first kappa shape index (κ1) is 17.3. The van der Waals surface area contributed by atoms with E-state index in [0.29, 0.717) is 6.61 Å². The van der Waals surface area contributed by atoms with Gasteiger partial charge in [0.1, 0.15) is 11.3 Å². The number of amides is 1. The Balaban J connectivity index is 2.63. The van der Waals surface area contributed by atoms with Crippen molar-refractivity contribution in [3.8, 4) is 0 Å². The van der Waals surface area contributed by atoms with Crippen molar-refractivity contribution in [1.82, 2.24) is 4.90 Å². The highest BCUT2D eigenvalue weighted by atomic mass is 16.6. The van der Waals surface area contributed by atoms with Gasteiger partial charge in [-0.3, -0.25) is 4.90 Å². The van der Waals surface area contributed by atoms with Crippen molar-refractivity contribution in [3.63, 3.8) is 0 Å². The van der Waals surface area contributed by atoms with E-state index in [1.165, 1.54) is 19.3 Å². The summed E-state index contributed by atoms with van der Waals surface area (Å²) >= 11 is 0. The Hall–Kier alpha value is -0.770. The lowest BCUT2D eigenvalue weighted by Gasteiger charge is -2.35. The summed E-state index contributed by atoms with van der Waals surface area (Å²) in [5, 5.41) is 0. The van der Waals surface area contributed by atoms with Crippen molar-refractivity contribution >= 4 is 6.09 Å². The Labute approximate surface area is 123 Å². The third kappa shape index (κ3) is 4.97. The molecule has 0 spiro atoms. The Morgan fingerprint density at radius 2 is 1.95 bits per heavy atom. The maximum atomic E-state index is 12.4. The number of nitrogens with zero attached hydrogens (tertiary/aromatic N) is 1. The fourth-order valence-electron chi connectivity index (χ4n) is 2.58. The third-order valence-corrected chi connectivity index (χ3v) is 3.56. The molecule has 1 amide bonds. The molecule has 1 rings (SSSR count). The van der Waals surface area contributed by atoms with Gasteiger partial charge in [-0.1, -0.05) is 32.6 Å². The Kier molecular flexibility index (Phi) is 5.87. The van der Waals surface area contributed by atoms with Gasteiger partial charge in [-0.25, -0.2) is 4.79 Å². The van der Waals surface area contributed by atoms with Crippen LogP contribution in [0, 0.1) is 0 Å². The van der Waals surface area contributed by atoms with E-state index >= 15 is 0 Å². The number of rotatable bonds is 5. The number of hydrogen-bond acceptors (Lipinski definition) is 3. The Bertz CT molecular complexity index is 320. The van der Waals surface area contributed by atoms with E-state index in [9.17, 15) is 4.79 Å². The maximum absolute atomic E-state index is 12.4. The quantitative estimate of drug-likeness (QED) is 0.706. The van der Waals surface area contributed by atoms with Gasteiger partial charge >= 0.3 is 6.09 Å². The van der Waals surface area contributed by atoms with Gasteiger partial charge < -0.3 is 9.47 Å². The molecule has 0 aromatic carbocycles. The van der Waals surface area contributed by atoms with Crippen LogP contribution in [0.2, 0.25) is 0 Å². The molecule has 1 atom stereocenters. The zero-order valence-electron chi connectivity index (χ0n) is 14.0. The molecule has 0 bridgehead atoms. The molecule has 0 aliphatic carbocycles. The fraction of sp³-hybridized carbons (Fsp3) is 0.938. The van der Waals surface area contributed by atoms with Gasteiger partial charge in [0.15, 0.2) is 0 Å². The smallest absolute Gasteiger partial charge is 0.412 e. The van der Waals surface area contributed by atoms with Crippen molar-refractivity contribution in [2.24, 2.45) is 0 Å². The third-order valence-electron chi connectivity index (χ3n) is 3.56. The zero-order valence-corrected chi connectivity index (χ0v) is 14.0. The van der Waals surface area contributed by atoms with E-state index in [2.05, 4.69) is 6.92 Å². The highest BCUT2D eigenvalue weighted by Gasteiger charge is 2.45. The van der Waals surface area contributed by atoms with Crippen LogP contribution in [0.15, 0.2) is 0 Å². The topological polar surface area (TPSA) is 38.8 Å². The average molecular weight is 285 g/mol. The molecule has 1 aliphatic heterocycles. The molecular weight excluding hydrogens is 254 g/mol. The molecule has 1 heterocycles. The minimum absolute atomic E-state index is 0.136. The lowest BCUT2D eigenvalue weighted by atomic mass is 10.1. The Morgan fingerprint density at radius 3 is 2.50 bits per heavy atom. The van der Waals surface area contributed by atoms with Crippen LogP contribution >= 0.6 is 0 Å². The molecule has 0 unspecified atom stereocenters. The van der Waals surface area contributed by atoms with Crippen LogP contribution in [0.25, 0.3) is 0 Å². The van der Waals surface area contributed by atoms with Crippen LogP contribution in [-0.2, 0) is 9.47 Å². The number of hydrogen-bond donors (Lipinski definition) is 0. The minimum atomic E-state index is -0.572. The summed E-state index contributed by atoms with van der Waals surface area (Å²) in [5.41, 5.74) is -1.04. The zero-order chi connectivity index (χ0) is 15.4. The predicted octanol–water partition coefficient (Wildman–Crippen LogP) is 4.33. The molecule has 0 N–H and O–H groups in total. The van der Waals surface area contributed by atoms with Gasteiger partial charge in [0.25, 0.3) is 0 Å². The summed E-state index contributed by atoms with van der Waals surface area (Å²) in [6.07, 6.45) is 5.56. The van der Waals surface area contributed by atoms with Crippen LogP contribution < -0.4 is 0 Å². The second-order valence-electron chi connectivity index (χ2n) is 7.11. The van der Waals surface area contributed by atoms with Crippen LogP contribution in [0.4, 0.5) is 4.79 Å². The van der Waals surface area contributed by atoms with Gasteiger partial charge in [0.05, 0.1) is 12.6 Å². The normalized spacial score (nSPS) is 22.1. The van der Waals surface area contributed by atoms with Crippen LogP contribution in [0.1, 0.15) is 73.6 Å². The summed E-state index contributed by atoms with van der Waals surface area (Å²) in [5.74, 6) is 0. The molecule has 118 valence electrons. The van der Waals surface area contributed by atoms with Gasteiger partial charge in [0, 0.05) is 0 Å². The first-order valence-corrected chi connectivity index (χ1v) is 7.83. The monoisotopic (exact) mass is 285 g/mol. The number of unbranched alkanes of at least 4 members (excludes halogenated alkanes) is 3. The largest absolute Gasteiger partial charge is 0.444 e. The standard InChI is InChI=1S/C16H31NO3/c1-7-8-9-10-11-13-12-19-16(5,6)17(13)14(18)20-15(2,3)4/h13H,7-12H2,1-6H3/t13-/m0/s1. The molecule has 4 nitrogen and oxygen atoms in total. The molecule has 1 fully saturated rings. The van der Waals surface area contributed by atoms with E-state index in [0.717, 1.165) is 12.8 Å². The van der Waals surface area contributed by atoms with Gasteiger partial charge in [-0.15, -0.1) is 0 Å². The van der Waals surface area contributed by atoms with Gasteiger partial charge in [0.2, 0.25) is 0 Å². The SMILES string of the molecule is CCCCCC[C@H]1COC(C)(C)N1C(=O)OC(C)(C)C. The molecular formula is C16H31NO3. The number of carbonyl (C=O) groups is 1. The maximum Gasteiger partial charge on any atom is 0.412 e. The molecule has 4 heteroatoms. The van der Waals surface area contributed by atoms with E-state index < -0.39 is 11.3 Å². The molecule has 0 aromatic heterocycles. The summed E-state index contributed by atoms with van der Waals surface area (Å²) in [4.78, 5) is 14.2. The average Bonchev–Trinajstić information content (AvgIpc) is 2.58. The predicted molar refractivity (Wildman–Crippen MR) is 80.7 cm³/mol. The highest BCUT2D eigenvalue weighted by Crippen LogP contribution is 2.31. The first-order chi connectivity index (χ1) is 9.17. The molecule has 20 heavy (non-hydrogen) atoms. The summed E-state index contributed by atoms with van der Waals surface area (Å²) in [6, 6.07) is 0.136. The van der Waals surface area contributed by atoms with Crippen LogP contribution in [0.5, 0.6) is 0 Å². The lowest BCUT2D eigenvalue weighted by Crippen LogP contribution is -2.49. The summed E-state index contributed by atoms with van der Waals surface area (Å²) < 4.78 is 11.3. The van der Waals surface area contributed by atoms with Crippen LogP contribution in [-0.4, -0.2) is 35.0 Å². The van der Waals surface area contributed by atoms with Crippen molar-refractivity contribution in [2.75, 3.05) is 6.61 Å². The first-order valence-electron chi connectivity index (χ1n) is 7.83. The molecule has 1 saturated heterocycles. The second kappa shape index (κ2) is 6.79. The molecule has 1 aliphatic rings. The molecule has 0 radical (unpaired) electrons. The number of carbonyl (C=O) groups excluding carboxylic acids is 1. The van der Waals surface area contributed by atoms with Crippen molar-refractivity contribution in [1.29, 1.82) is 0 Å². The van der Waals surface area contributed by atoms with Crippen molar-refractivity contribution < 1.29 is 14.3 Å². The van der Waals surface area contributed by atoms with Gasteiger partial charge in [-0.05, 0) is 41.0 Å². The van der Waals surface area contributed by atoms with E-state index in [4.69, 9.17) is 9.47 Å². The van der Waals surface area contributed by atoms with Crippen LogP contribution in [0.3, 0.4) is 0 Å².